The number of piperidine rings is 1. The Morgan fingerprint density at radius 1 is 1.13 bits per heavy atom. The zero-order chi connectivity index (χ0) is 33.5. The van der Waals surface area contributed by atoms with E-state index in [1.165, 1.54) is 16.7 Å². The van der Waals surface area contributed by atoms with Gasteiger partial charge in [0.15, 0.2) is 5.60 Å². The molecule has 1 aromatic rings. The van der Waals surface area contributed by atoms with Crippen LogP contribution in [0.5, 0.6) is 5.75 Å². The summed E-state index contributed by atoms with van der Waals surface area (Å²) in [5.74, 6) is -2.21. The van der Waals surface area contributed by atoms with Gasteiger partial charge in [-0.2, -0.15) is 0 Å². The van der Waals surface area contributed by atoms with E-state index in [0.29, 0.717) is 42.8 Å². The Kier molecular flexibility index (Phi) is 11.8. The molecule has 14 nitrogen and oxygen atoms in total. The summed E-state index contributed by atoms with van der Waals surface area (Å²) in [5, 5.41) is 11.5. The van der Waals surface area contributed by atoms with Crippen LogP contribution in [-0.4, -0.2) is 101 Å². The molecule has 0 bridgehead atoms. The smallest absolute Gasteiger partial charge is 0.412 e. The predicted molar refractivity (Wildman–Crippen MR) is 162 cm³/mol. The van der Waals surface area contributed by atoms with Gasteiger partial charge in [-0.05, 0) is 58.7 Å². The standard InChI is InChI=1S/C31H44N4O10/c1-7-25(36)32-14-16-34-23-17-21(10-11-24(23)45-31(5,6)29(34)41)28(40)35(19(2)3)22-9-8-15-33(18-22)30(42)44-20(4)43-27(39)13-12-26(37)38/h10-11,17,19-20,22H,7-9,12-16,18H2,1-6H3,(H,32,36)(H,37,38)/t20?,22-/m1/s1. The number of hydrogen-bond acceptors (Lipinski definition) is 9. The first-order chi connectivity index (χ1) is 21.1. The maximum absolute atomic E-state index is 14.0. The van der Waals surface area contributed by atoms with Gasteiger partial charge in [-0.15, -0.1) is 0 Å². The second kappa shape index (κ2) is 15.1. The second-order valence-electron chi connectivity index (χ2n) is 11.8. The van der Waals surface area contributed by atoms with Crippen LogP contribution in [0.25, 0.3) is 0 Å². The largest absolute Gasteiger partial charge is 0.481 e. The van der Waals surface area contributed by atoms with Crippen molar-refractivity contribution in [1.82, 2.24) is 15.1 Å². The number of benzene rings is 1. The number of anilines is 1. The van der Waals surface area contributed by atoms with Gasteiger partial charge in [-0.3, -0.25) is 24.0 Å². The second-order valence-corrected chi connectivity index (χ2v) is 11.8. The summed E-state index contributed by atoms with van der Waals surface area (Å²) in [5.41, 5.74) is -0.366. The summed E-state index contributed by atoms with van der Waals surface area (Å²) in [7, 11) is 0. The fourth-order valence-corrected chi connectivity index (χ4v) is 5.37. The number of nitrogens with zero attached hydrogens (tertiary/aromatic N) is 3. The molecular weight excluding hydrogens is 588 g/mol. The number of ether oxygens (including phenoxy) is 3. The third-order valence-electron chi connectivity index (χ3n) is 7.55. The molecule has 3 rings (SSSR count). The van der Waals surface area contributed by atoms with Crippen molar-refractivity contribution in [2.75, 3.05) is 31.1 Å². The Morgan fingerprint density at radius 2 is 1.84 bits per heavy atom. The lowest BCUT2D eigenvalue weighted by Gasteiger charge is -2.42. The molecule has 2 aliphatic rings. The van der Waals surface area contributed by atoms with Crippen LogP contribution >= 0.6 is 0 Å². The van der Waals surface area contributed by atoms with E-state index in [9.17, 15) is 28.8 Å². The van der Waals surface area contributed by atoms with Gasteiger partial charge in [0.1, 0.15) is 5.75 Å². The van der Waals surface area contributed by atoms with Gasteiger partial charge in [0.2, 0.25) is 12.2 Å². The third kappa shape index (κ3) is 9.08. The average Bonchev–Trinajstić information content (AvgIpc) is 2.97. The monoisotopic (exact) mass is 632 g/mol. The minimum atomic E-state index is -1.22. The zero-order valence-corrected chi connectivity index (χ0v) is 26.8. The molecular formula is C31H44N4O10. The van der Waals surface area contributed by atoms with Crippen molar-refractivity contribution in [1.29, 1.82) is 0 Å². The summed E-state index contributed by atoms with van der Waals surface area (Å²) in [6.45, 7) is 11.2. The van der Waals surface area contributed by atoms with E-state index in [1.807, 2.05) is 13.8 Å². The first-order valence-corrected chi connectivity index (χ1v) is 15.3. The quantitative estimate of drug-likeness (QED) is 0.258. The van der Waals surface area contributed by atoms with Crippen LogP contribution in [0.3, 0.4) is 0 Å². The Hall–Kier alpha value is -4.36. The van der Waals surface area contributed by atoms with Crippen LogP contribution in [0, 0.1) is 0 Å². The van der Waals surface area contributed by atoms with Crippen molar-refractivity contribution >= 4 is 41.4 Å². The normalized spacial score (nSPS) is 17.9. The first-order valence-electron chi connectivity index (χ1n) is 15.3. The Labute approximate surface area is 262 Å². The lowest BCUT2D eigenvalue weighted by Crippen LogP contribution is -2.55. The average molecular weight is 633 g/mol. The van der Waals surface area contributed by atoms with E-state index >= 15 is 0 Å². The fourth-order valence-electron chi connectivity index (χ4n) is 5.37. The van der Waals surface area contributed by atoms with Gasteiger partial charge in [-0.1, -0.05) is 6.92 Å². The highest BCUT2D eigenvalue weighted by Crippen LogP contribution is 2.38. The van der Waals surface area contributed by atoms with Crippen molar-refractivity contribution in [3.05, 3.63) is 23.8 Å². The molecule has 0 aromatic heterocycles. The number of carboxylic acids is 1. The van der Waals surface area contributed by atoms with Gasteiger partial charge < -0.3 is 39.3 Å². The van der Waals surface area contributed by atoms with Gasteiger partial charge >= 0.3 is 18.0 Å². The number of carboxylic acid groups (broad SMARTS) is 1. The predicted octanol–water partition coefficient (Wildman–Crippen LogP) is 2.92. The molecule has 2 aliphatic heterocycles. The molecule has 2 atom stereocenters. The lowest BCUT2D eigenvalue weighted by molar-refractivity contribution is -0.167. The van der Waals surface area contributed by atoms with E-state index in [2.05, 4.69) is 5.32 Å². The number of carbonyl (C=O) groups excluding carboxylic acids is 5. The minimum Gasteiger partial charge on any atom is -0.481 e. The number of amides is 4. The van der Waals surface area contributed by atoms with Crippen molar-refractivity contribution in [3.63, 3.8) is 0 Å². The highest BCUT2D eigenvalue weighted by molar-refractivity contribution is 6.04. The first kappa shape index (κ1) is 35.1. The van der Waals surface area contributed by atoms with Gasteiger partial charge in [0.25, 0.3) is 11.8 Å². The Balaban J connectivity index is 1.75. The van der Waals surface area contributed by atoms with Crippen molar-refractivity contribution in [2.45, 2.75) is 97.6 Å². The number of fused-ring (bicyclic) bond motifs is 1. The summed E-state index contributed by atoms with van der Waals surface area (Å²) >= 11 is 0. The number of likely N-dealkylation sites (tertiary alicyclic amines) is 1. The fraction of sp³-hybridized carbons (Fsp3) is 0.613. The zero-order valence-electron chi connectivity index (χ0n) is 26.8. The molecule has 0 spiro atoms. The topological polar surface area (TPSA) is 172 Å². The molecule has 2 N–H and O–H groups in total. The molecule has 14 heteroatoms. The highest BCUT2D eigenvalue weighted by atomic mass is 16.7. The van der Waals surface area contributed by atoms with E-state index in [0.717, 1.165) is 0 Å². The van der Waals surface area contributed by atoms with Crippen molar-refractivity contribution in [2.24, 2.45) is 0 Å². The number of rotatable bonds is 12. The molecule has 4 amide bonds. The van der Waals surface area contributed by atoms with Crippen LogP contribution < -0.4 is 15.0 Å². The number of aliphatic carboxylic acids is 1. The molecule has 2 heterocycles. The highest BCUT2D eigenvalue weighted by Gasteiger charge is 2.41. The van der Waals surface area contributed by atoms with Crippen LogP contribution in [0.4, 0.5) is 10.5 Å². The minimum absolute atomic E-state index is 0.136. The van der Waals surface area contributed by atoms with Gasteiger partial charge in [0, 0.05) is 51.1 Å². The van der Waals surface area contributed by atoms with Gasteiger partial charge in [0.05, 0.1) is 24.6 Å². The molecule has 0 radical (unpaired) electrons. The summed E-state index contributed by atoms with van der Waals surface area (Å²) in [6, 6.07) is 4.35. The van der Waals surface area contributed by atoms with Crippen LogP contribution in [-0.2, 0) is 28.7 Å². The summed E-state index contributed by atoms with van der Waals surface area (Å²) in [4.78, 5) is 79.2. The summed E-state index contributed by atoms with van der Waals surface area (Å²) < 4.78 is 16.2. The van der Waals surface area contributed by atoms with Gasteiger partial charge in [-0.25, -0.2) is 4.79 Å². The molecule has 1 fully saturated rings. The van der Waals surface area contributed by atoms with E-state index in [-0.39, 0.29) is 55.9 Å². The number of carbonyl (C=O) groups is 6. The van der Waals surface area contributed by atoms with E-state index in [1.54, 1.807) is 43.9 Å². The maximum atomic E-state index is 14.0. The molecule has 1 aromatic carbocycles. The summed E-state index contributed by atoms with van der Waals surface area (Å²) in [6.07, 6.45) is -1.12. The third-order valence-corrected chi connectivity index (χ3v) is 7.55. The maximum Gasteiger partial charge on any atom is 0.412 e. The SMILES string of the molecule is CCC(=O)NCCN1C(=O)C(C)(C)Oc2ccc(C(=O)N(C(C)C)[C@@H]3CCCN(C(=O)OC(C)OC(=O)CCC(=O)O)C3)cc21. The number of nitrogens with one attached hydrogen (secondary N) is 1. The molecule has 248 valence electrons. The van der Waals surface area contributed by atoms with Crippen molar-refractivity contribution in [3.8, 4) is 5.75 Å². The Bertz CT molecular complexity index is 1300. The molecule has 1 unspecified atom stereocenters. The molecule has 0 saturated carbocycles. The van der Waals surface area contributed by atoms with E-state index < -0.39 is 36.3 Å². The number of esters is 1. The van der Waals surface area contributed by atoms with Crippen LogP contribution in [0.2, 0.25) is 0 Å². The van der Waals surface area contributed by atoms with E-state index in [4.69, 9.17) is 19.3 Å². The molecule has 1 saturated heterocycles. The Morgan fingerprint density at radius 3 is 2.49 bits per heavy atom. The van der Waals surface area contributed by atoms with Crippen molar-refractivity contribution < 1.29 is 48.1 Å². The number of hydrogen-bond donors (Lipinski definition) is 2. The van der Waals surface area contributed by atoms with Crippen LogP contribution in [0.15, 0.2) is 18.2 Å². The lowest BCUT2D eigenvalue weighted by atomic mass is 9.99. The molecule has 45 heavy (non-hydrogen) atoms. The van der Waals surface area contributed by atoms with Crippen LogP contribution in [0.1, 0.15) is 84.0 Å². The molecule has 0 aliphatic carbocycles.